The molecule has 158 valence electrons. The van der Waals surface area contributed by atoms with E-state index in [2.05, 4.69) is 5.32 Å². The zero-order valence-electron chi connectivity index (χ0n) is 17.0. The number of nitrogens with two attached hydrogens (primary N) is 1. The average molecular weight is 436 g/mol. The van der Waals surface area contributed by atoms with E-state index < -0.39 is 5.91 Å². The highest BCUT2D eigenvalue weighted by Crippen LogP contribution is 2.37. The molecular formula is C23H20N2O5S. The van der Waals surface area contributed by atoms with Crippen LogP contribution in [0.3, 0.4) is 0 Å². The third kappa shape index (κ3) is 4.15. The lowest BCUT2D eigenvalue weighted by Gasteiger charge is -2.05. The molecule has 4 rings (SSSR count). The first kappa shape index (κ1) is 20.6. The first-order valence-electron chi connectivity index (χ1n) is 9.56. The van der Waals surface area contributed by atoms with Crippen molar-refractivity contribution in [1.29, 1.82) is 0 Å². The second-order valence-electron chi connectivity index (χ2n) is 7.17. The van der Waals surface area contributed by atoms with E-state index in [0.717, 1.165) is 16.0 Å². The minimum Gasteiger partial charge on any atom is -0.454 e. The molecule has 7 nitrogen and oxygen atoms in total. The van der Waals surface area contributed by atoms with Crippen LogP contribution in [0.4, 0.5) is 5.00 Å². The van der Waals surface area contributed by atoms with Gasteiger partial charge in [0.1, 0.15) is 5.00 Å². The highest BCUT2D eigenvalue weighted by Gasteiger charge is 2.22. The van der Waals surface area contributed by atoms with E-state index in [4.69, 9.17) is 15.2 Å². The van der Waals surface area contributed by atoms with Crippen LogP contribution in [0.25, 0.3) is 0 Å². The van der Waals surface area contributed by atoms with Crippen molar-refractivity contribution in [3.8, 4) is 11.5 Å². The van der Waals surface area contributed by atoms with Crippen LogP contribution in [0.2, 0.25) is 0 Å². The summed E-state index contributed by atoms with van der Waals surface area (Å²) in [5.41, 5.74) is 8.53. The third-order valence-electron chi connectivity index (χ3n) is 5.07. The fourth-order valence-electron chi connectivity index (χ4n) is 3.38. The van der Waals surface area contributed by atoms with Crippen LogP contribution in [0, 0.1) is 6.92 Å². The average Bonchev–Trinajstić information content (AvgIpc) is 3.32. The molecule has 0 atom stereocenters. The number of primary amides is 1. The van der Waals surface area contributed by atoms with Crippen LogP contribution in [0.15, 0.2) is 42.5 Å². The molecule has 0 radical (unpaired) electrons. The Labute approximate surface area is 182 Å². The van der Waals surface area contributed by atoms with Crippen molar-refractivity contribution in [2.45, 2.75) is 20.3 Å². The number of rotatable bonds is 6. The molecule has 8 heteroatoms. The largest absolute Gasteiger partial charge is 0.454 e. The Hall–Kier alpha value is -3.65. The molecule has 3 aromatic rings. The van der Waals surface area contributed by atoms with Crippen molar-refractivity contribution in [2.24, 2.45) is 5.73 Å². The monoisotopic (exact) mass is 436 g/mol. The van der Waals surface area contributed by atoms with Crippen LogP contribution >= 0.6 is 11.3 Å². The number of carbonyl (C=O) groups excluding carboxylic acids is 3. The maximum Gasteiger partial charge on any atom is 0.256 e. The number of Topliss-reactive ketones (excluding diaryl/α,β-unsaturated/α-hetero) is 1. The summed E-state index contributed by atoms with van der Waals surface area (Å²) >= 11 is 1.31. The van der Waals surface area contributed by atoms with Crippen LogP contribution < -0.4 is 20.5 Å². The lowest BCUT2D eigenvalue weighted by atomic mass is 10.0. The number of benzene rings is 2. The van der Waals surface area contributed by atoms with Crippen LogP contribution in [0.5, 0.6) is 11.5 Å². The van der Waals surface area contributed by atoms with Crippen molar-refractivity contribution in [2.75, 3.05) is 12.1 Å². The van der Waals surface area contributed by atoms with E-state index in [1.54, 1.807) is 24.3 Å². The number of amides is 2. The Kier molecular flexibility index (Phi) is 5.48. The molecule has 1 aliphatic heterocycles. The molecule has 0 unspecified atom stereocenters. The van der Waals surface area contributed by atoms with Gasteiger partial charge in [0.25, 0.3) is 11.8 Å². The van der Waals surface area contributed by atoms with E-state index in [0.29, 0.717) is 39.6 Å². The summed E-state index contributed by atoms with van der Waals surface area (Å²) < 4.78 is 10.8. The minimum atomic E-state index is -0.604. The van der Waals surface area contributed by atoms with E-state index >= 15 is 0 Å². The topological polar surface area (TPSA) is 108 Å². The normalized spacial score (nSPS) is 11.9. The highest BCUT2D eigenvalue weighted by molar-refractivity contribution is 7.17. The molecule has 0 aliphatic carbocycles. The van der Waals surface area contributed by atoms with Gasteiger partial charge >= 0.3 is 0 Å². The first-order valence-corrected chi connectivity index (χ1v) is 10.4. The summed E-state index contributed by atoms with van der Waals surface area (Å²) in [4.78, 5) is 37.1. The fraction of sp³-hybridized carbons (Fsp3) is 0.174. The molecule has 1 aromatic heterocycles. The number of hydrogen-bond acceptors (Lipinski definition) is 6. The van der Waals surface area contributed by atoms with Gasteiger partial charge < -0.3 is 20.5 Å². The van der Waals surface area contributed by atoms with E-state index in [1.807, 2.05) is 25.1 Å². The summed E-state index contributed by atoms with van der Waals surface area (Å²) in [5, 5.41) is 3.20. The molecule has 0 bridgehead atoms. The van der Waals surface area contributed by atoms with E-state index in [9.17, 15) is 14.4 Å². The van der Waals surface area contributed by atoms with Gasteiger partial charge in [-0.3, -0.25) is 14.4 Å². The van der Waals surface area contributed by atoms with Crippen molar-refractivity contribution in [1.82, 2.24) is 0 Å². The summed E-state index contributed by atoms with van der Waals surface area (Å²) in [6.45, 7) is 3.48. The van der Waals surface area contributed by atoms with Gasteiger partial charge in [0.2, 0.25) is 6.79 Å². The molecule has 3 N–H and O–H groups in total. The second-order valence-corrected chi connectivity index (χ2v) is 8.28. The molecular weight excluding hydrogens is 416 g/mol. The van der Waals surface area contributed by atoms with E-state index in [-0.39, 0.29) is 18.5 Å². The van der Waals surface area contributed by atoms with Gasteiger partial charge in [-0.15, -0.1) is 11.3 Å². The summed E-state index contributed by atoms with van der Waals surface area (Å²) in [6.07, 6.45) is 0.552. The Bertz CT molecular complexity index is 1200. The number of thiophene rings is 1. The van der Waals surface area contributed by atoms with Gasteiger partial charge in [-0.25, -0.2) is 0 Å². The number of nitrogens with one attached hydrogen (secondary N) is 1. The zero-order valence-corrected chi connectivity index (χ0v) is 17.8. The number of carbonyl (C=O) groups is 3. The summed E-state index contributed by atoms with van der Waals surface area (Å²) in [7, 11) is 0. The number of anilines is 1. The summed E-state index contributed by atoms with van der Waals surface area (Å²) in [5.74, 6) is 0.323. The smallest absolute Gasteiger partial charge is 0.256 e. The minimum absolute atomic E-state index is 0.0787. The van der Waals surface area contributed by atoms with Crippen molar-refractivity contribution < 1.29 is 23.9 Å². The lowest BCUT2D eigenvalue weighted by molar-refractivity contribution is 0.0995. The Morgan fingerprint density at radius 1 is 1.03 bits per heavy atom. The molecule has 0 spiro atoms. The molecule has 1 aliphatic rings. The lowest BCUT2D eigenvalue weighted by Crippen LogP contribution is -2.17. The van der Waals surface area contributed by atoms with Gasteiger partial charge in [-0.1, -0.05) is 18.2 Å². The second kappa shape index (κ2) is 8.23. The van der Waals surface area contributed by atoms with Crippen LogP contribution in [-0.2, 0) is 6.42 Å². The SMILES string of the molecule is CC(=O)c1ccc(C(=O)Nc2sc(Cc3ccc4c(c3)OCO4)c(C)c2C(N)=O)cc1. The Morgan fingerprint density at radius 3 is 2.39 bits per heavy atom. The van der Waals surface area contributed by atoms with Crippen LogP contribution in [-0.4, -0.2) is 24.4 Å². The zero-order chi connectivity index (χ0) is 22.1. The molecule has 2 amide bonds. The number of ether oxygens (including phenoxy) is 2. The van der Waals surface area contributed by atoms with Crippen LogP contribution in [0.1, 0.15) is 54.0 Å². The van der Waals surface area contributed by atoms with Gasteiger partial charge in [0.05, 0.1) is 5.56 Å². The van der Waals surface area contributed by atoms with Gasteiger partial charge in [-0.2, -0.15) is 0 Å². The van der Waals surface area contributed by atoms with Gasteiger partial charge in [0.15, 0.2) is 17.3 Å². The predicted molar refractivity (Wildman–Crippen MR) is 117 cm³/mol. The highest BCUT2D eigenvalue weighted by atomic mass is 32.1. The maximum atomic E-state index is 12.7. The van der Waals surface area contributed by atoms with Crippen molar-refractivity contribution >= 4 is 33.9 Å². The number of fused-ring (bicyclic) bond motifs is 1. The maximum absolute atomic E-state index is 12.7. The molecule has 2 aromatic carbocycles. The molecule has 0 saturated carbocycles. The molecule has 31 heavy (non-hydrogen) atoms. The quantitative estimate of drug-likeness (QED) is 0.569. The summed E-state index contributed by atoms with van der Waals surface area (Å²) in [6, 6.07) is 12.0. The molecule has 0 saturated heterocycles. The number of ketones is 1. The predicted octanol–water partition coefficient (Wildman–Crippen LogP) is 3.93. The number of hydrogen-bond donors (Lipinski definition) is 2. The van der Waals surface area contributed by atoms with Gasteiger partial charge in [-0.05, 0) is 49.2 Å². The van der Waals surface area contributed by atoms with Gasteiger partial charge in [0, 0.05) is 22.4 Å². The Morgan fingerprint density at radius 2 is 1.71 bits per heavy atom. The molecule has 0 fully saturated rings. The first-order chi connectivity index (χ1) is 14.8. The fourth-order valence-corrected chi connectivity index (χ4v) is 4.62. The van der Waals surface area contributed by atoms with E-state index in [1.165, 1.54) is 18.3 Å². The standard InChI is InChI=1S/C23H20N2O5S/c1-12-19(10-14-3-8-17-18(9-14)30-11-29-17)31-23(20(12)21(24)27)25-22(28)16-6-4-15(5-7-16)13(2)26/h3-9H,10-11H2,1-2H3,(H2,24,27)(H,25,28). The van der Waals surface area contributed by atoms with Crippen molar-refractivity contribution in [3.05, 3.63) is 75.2 Å². The van der Waals surface area contributed by atoms with Crippen molar-refractivity contribution in [3.63, 3.8) is 0 Å². The third-order valence-corrected chi connectivity index (χ3v) is 6.28. The Balaban J connectivity index is 1.59. The molecule has 2 heterocycles.